The van der Waals surface area contributed by atoms with Gasteiger partial charge in [-0.15, -0.1) is 12.4 Å². The van der Waals surface area contributed by atoms with Crippen molar-refractivity contribution in [2.24, 2.45) is 5.92 Å². The molecule has 1 aromatic heterocycles. The van der Waals surface area contributed by atoms with Crippen LogP contribution in [0.4, 0.5) is 0 Å². The van der Waals surface area contributed by atoms with Crippen LogP contribution < -0.4 is 10.6 Å². The number of carbonyl (C=O) groups excluding carboxylic acids is 1. The third kappa shape index (κ3) is 4.42. The molecule has 5 nitrogen and oxygen atoms in total. The molecule has 2 heterocycles. The van der Waals surface area contributed by atoms with E-state index < -0.39 is 0 Å². The summed E-state index contributed by atoms with van der Waals surface area (Å²) in [5.74, 6) is 0.670. The Hall–Kier alpha value is -1.20. The van der Waals surface area contributed by atoms with Crippen molar-refractivity contribution in [2.75, 3.05) is 19.6 Å². The highest BCUT2D eigenvalue weighted by Gasteiger charge is 2.16. The molecule has 1 fully saturated rings. The van der Waals surface area contributed by atoms with Crippen molar-refractivity contribution >= 4 is 18.3 Å². The van der Waals surface area contributed by atoms with E-state index in [4.69, 9.17) is 0 Å². The number of nitrogens with one attached hydrogen (secondary N) is 2. The summed E-state index contributed by atoms with van der Waals surface area (Å²) in [6, 6.07) is 1.82. The molecule has 1 aromatic rings. The largest absolute Gasteiger partial charge is 0.352 e. The molecule has 1 aliphatic rings. The maximum Gasteiger partial charge on any atom is 0.253 e. The van der Waals surface area contributed by atoms with Crippen LogP contribution in [0.25, 0.3) is 0 Å². The zero-order valence-electron chi connectivity index (χ0n) is 12.1. The van der Waals surface area contributed by atoms with Crippen LogP contribution in [0.5, 0.6) is 0 Å². The molecule has 0 aliphatic carbocycles. The molecule has 0 bridgehead atoms. The van der Waals surface area contributed by atoms with Crippen LogP contribution in [0, 0.1) is 12.8 Å². The Morgan fingerprint density at radius 1 is 1.50 bits per heavy atom. The van der Waals surface area contributed by atoms with E-state index in [0.29, 0.717) is 11.5 Å². The van der Waals surface area contributed by atoms with Crippen molar-refractivity contribution in [1.82, 2.24) is 20.8 Å². The summed E-state index contributed by atoms with van der Waals surface area (Å²) in [5.41, 5.74) is 2.22. The molecule has 20 heavy (non-hydrogen) atoms. The lowest BCUT2D eigenvalue weighted by molar-refractivity contribution is 0.0950. The van der Waals surface area contributed by atoms with Gasteiger partial charge in [-0.1, -0.05) is 6.92 Å². The molecule has 0 radical (unpaired) electrons. The summed E-state index contributed by atoms with van der Waals surface area (Å²) in [6.45, 7) is 6.75. The first-order chi connectivity index (χ1) is 9.20. The van der Waals surface area contributed by atoms with E-state index in [2.05, 4.69) is 20.8 Å². The summed E-state index contributed by atoms with van der Waals surface area (Å²) in [7, 11) is 0. The minimum atomic E-state index is -0.0270. The van der Waals surface area contributed by atoms with Crippen molar-refractivity contribution in [2.45, 2.75) is 33.1 Å². The van der Waals surface area contributed by atoms with Crippen molar-refractivity contribution in [3.8, 4) is 0 Å². The lowest BCUT2D eigenvalue weighted by Crippen LogP contribution is -2.28. The first kappa shape index (κ1) is 16.9. The Bertz CT molecular complexity index is 447. The molecule has 2 rings (SSSR count). The number of hydrogen-bond acceptors (Lipinski definition) is 4. The molecule has 0 saturated carbocycles. The maximum atomic E-state index is 12.2. The average molecular weight is 299 g/mol. The van der Waals surface area contributed by atoms with Gasteiger partial charge in [0.2, 0.25) is 0 Å². The van der Waals surface area contributed by atoms with E-state index in [9.17, 15) is 4.79 Å². The van der Waals surface area contributed by atoms with Gasteiger partial charge in [-0.2, -0.15) is 10.2 Å². The van der Waals surface area contributed by atoms with Gasteiger partial charge in [0.1, 0.15) is 0 Å². The Kier molecular flexibility index (Phi) is 6.88. The predicted molar refractivity (Wildman–Crippen MR) is 81.3 cm³/mol. The fourth-order valence-corrected chi connectivity index (χ4v) is 2.42. The van der Waals surface area contributed by atoms with Crippen molar-refractivity contribution in [3.05, 3.63) is 23.0 Å². The SMILES string of the molecule is CCc1nnc(C)cc1C(=O)NCCC1CCNC1.Cl. The van der Waals surface area contributed by atoms with E-state index in [1.165, 1.54) is 6.42 Å². The molecule has 112 valence electrons. The third-order valence-electron chi connectivity index (χ3n) is 3.57. The number of hydrogen-bond donors (Lipinski definition) is 2. The Morgan fingerprint density at radius 2 is 2.30 bits per heavy atom. The Labute approximate surface area is 126 Å². The maximum absolute atomic E-state index is 12.2. The second-order valence-corrected chi connectivity index (χ2v) is 5.10. The van der Waals surface area contributed by atoms with Gasteiger partial charge in [0.25, 0.3) is 5.91 Å². The molecule has 1 saturated heterocycles. The first-order valence-corrected chi connectivity index (χ1v) is 7.02. The summed E-state index contributed by atoms with van der Waals surface area (Å²) in [4.78, 5) is 12.2. The summed E-state index contributed by atoms with van der Waals surface area (Å²) >= 11 is 0. The summed E-state index contributed by atoms with van der Waals surface area (Å²) in [6.07, 6.45) is 2.98. The van der Waals surface area contributed by atoms with E-state index >= 15 is 0 Å². The lowest BCUT2D eigenvalue weighted by Gasteiger charge is -2.11. The second kappa shape index (κ2) is 8.17. The molecule has 1 atom stereocenters. The molecule has 0 spiro atoms. The van der Waals surface area contributed by atoms with Crippen molar-refractivity contribution in [3.63, 3.8) is 0 Å². The first-order valence-electron chi connectivity index (χ1n) is 7.02. The molecule has 1 aliphatic heterocycles. The molecule has 1 unspecified atom stereocenters. The third-order valence-corrected chi connectivity index (χ3v) is 3.57. The number of carbonyl (C=O) groups is 1. The Balaban J connectivity index is 0.00000200. The summed E-state index contributed by atoms with van der Waals surface area (Å²) < 4.78 is 0. The van der Waals surface area contributed by atoms with Crippen LogP contribution in [0.2, 0.25) is 0 Å². The molecule has 2 N–H and O–H groups in total. The van der Waals surface area contributed by atoms with Gasteiger partial charge < -0.3 is 10.6 Å². The van der Waals surface area contributed by atoms with Crippen LogP contribution >= 0.6 is 12.4 Å². The number of nitrogens with zero attached hydrogens (tertiary/aromatic N) is 2. The predicted octanol–water partition coefficient (Wildman–Crippen LogP) is 1.50. The number of rotatable bonds is 5. The van der Waals surface area contributed by atoms with E-state index in [0.717, 1.165) is 43.9 Å². The van der Waals surface area contributed by atoms with Gasteiger partial charge in [0, 0.05) is 6.54 Å². The standard InChI is InChI=1S/C14H22N4O.ClH/c1-3-13-12(8-10(2)17-18-13)14(19)16-7-5-11-4-6-15-9-11;/h8,11,15H,3-7,9H2,1-2H3,(H,16,19);1H. The monoisotopic (exact) mass is 298 g/mol. The quantitative estimate of drug-likeness (QED) is 0.864. The highest BCUT2D eigenvalue weighted by molar-refractivity contribution is 5.95. The fraction of sp³-hybridized carbons (Fsp3) is 0.643. The number of amides is 1. The topological polar surface area (TPSA) is 66.9 Å². The highest BCUT2D eigenvalue weighted by atomic mass is 35.5. The van der Waals surface area contributed by atoms with E-state index in [1.54, 1.807) is 0 Å². The zero-order chi connectivity index (χ0) is 13.7. The van der Waals surface area contributed by atoms with Crippen LogP contribution in [0.15, 0.2) is 6.07 Å². The zero-order valence-corrected chi connectivity index (χ0v) is 12.9. The van der Waals surface area contributed by atoms with Gasteiger partial charge in [0.15, 0.2) is 0 Å². The van der Waals surface area contributed by atoms with E-state index in [-0.39, 0.29) is 18.3 Å². The summed E-state index contributed by atoms with van der Waals surface area (Å²) in [5, 5.41) is 14.4. The molecular formula is C14H23ClN4O. The molecule has 0 aromatic carbocycles. The Morgan fingerprint density at radius 3 is 2.95 bits per heavy atom. The van der Waals surface area contributed by atoms with Gasteiger partial charge in [-0.25, -0.2) is 0 Å². The normalized spacial score (nSPS) is 17.6. The van der Waals surface area contributed by atoms with E-state index in [1.807, 2.05) is 19.9 Å². The van der Waals surface area contributed by atoms with Crippen molar-refractivity contribution < 1.29 is 4.79 Å². The van der Waals surface area contributed by atoms with Crippen LogP contribution in [0.3, 0.4) is 0 Å². The molecule has 6 heteroatoms. The smallest absolute Gasteiger partial charge is 0.253 e. The molecule has 1 amide bonds. The van der Waals surface area contributed by atoms with Crippen LogP contribution in [-0.4, -0.2) is 35.7 Å². The molecular weight excluding hydrogens is 276 g/mol. The minimum absolute atomic E-state index is 0. The van der Waals surface area contributed by atoms with Gasteiger partial charge in [-0.05, 0) is 51.3 Å². The number of aromatic nitrogens is 2. The lowest BCUT2D eigenvalue weighted by atomic mass is 10.1. The van der Waals surface area contributed by atoms with Crippen LogP contribution in [-0.2, 0) is 6.42 Å². The van der Waals surface area contributed by atoms with Gasteiger partial charge >= 0.3 is 0 Å². The van der Waals surface area contributed by atoms with Crippen LogP contribution in [0.1, 0.15) is 41.5 Å². The highest BCUT2D eigenvalue weighted by Crippen LogP contribution is 2.11. The fourth-order valence-electron chi connectivity index (χ4n) is 2.42. The average Bonchev–Trinajstić information content (AvgIpc) is 2.91. The minimum Gasteiger partial charge on any atom is -0.352 e. The second-order valence-electron chi connectivity index (χ2n) is 5.10. The van der Waals surface area contributed by atoms with Crippen molar-refractivity contribution in [1.29, 1.82) is 0 Å². The number of aryl methyl sites for hydroxylation is 2. The number of halogens is 1. The van der Waals surface area contributed by atoms with Gasteiger partial charge in [0.05, 0.1) is 17.0 Å². The van der Waals surface area contributed by atoms with Gasteiger partial charge in [-0.3, -0.25) is 4.79 Å².